The van der Waals surface area contributed by atoms with E-state index in [2.05, 4.69) is 10.3 Å². The minimum absolute atomic E-state index is 0.617. The van der Waals surface area contributed by atoms with Gasteiger partial charge in [-0.05, 0) is 42.0 Å². The van der Waals surface area contributed by atoms with Gasteiger partial charge in [0.05, 0.1) is 14.2 Å². The summed E-state index contributed by atoms with van der Waals surface area (Å²) in [5.41, 5.74) is 2.80. The van der Waals surface area contributed by atoms with Gasteiger partial charge in [0.2, 0.25) is 5.78 Å². The van der Waals surface area contributed by atoms with Crippen LogP contribution in [0.15, 0.2) is 60.9 Å². The molecule has 1 N–H and O–H groups in total. The van der Waals surface area contributed by atoms with Crippen molar-refractivity contribution in [3.05, 3.63) is 71.5 Å². The summed E-state index contributed by atoms with van der Waals surface area (Å²) < 4.78 is 12.7. The van der Waals surface area contributed by atoms with Gasteiger partial charge in [-0.2, -0.15) is 0 Å². The van der Waals surface area contributed by atoms with Crippen LogP contribution in [0, 0.1) is 0 Å². The largest absolute Gasteiger partial charge is 0.493 e. The number of fused-ring (bicyclic) bond motifs is 1. The highest BCUT2D eigenvalue weighted by molar-refractivity contribution is 6.30. The fourth-order valence-electron chi connectivity index (χ4n) is 3.03. The molecule has 7 heteroatoms. The Hall–Kier alpha value is -3.25. The third-order valence-corrected chi connectivity index (χ3v) is 4.69. The Bertz CT molecular complexity index is 1110. The summed E-state index contributed by atoms with van der Waals surface area (Å²) in [6.07, 6.45) is 3.66. The quantitative estimate of drug-likeness (QED) is 0.514. The van der Waals surface area contributed by atoms with Gasteiger partial charge in [-0.1, -0.05) is 23.7 Å². The van der Waals surface area contributed by atoms with Gasteiger partial charge >= 0.3 is 0 Å². The zero-order valence-corrected chi connectivity index (χ0v) is 16.3. The standard InChI is InChI=1S/C21H19ClN4O2/c1-27-17-9-6-15(12-18(17)28-2)19-20(26-11-3-10-23-21(26)25-19)24-13-14-4-7-16(22)8-5-14/h3-12,24H,13H2,1-2H3. The second-order valence-corrected chi connectivity index (χ2v) is 6.58. The Morgan fingerprint density at radius 3 is 2.57 bits per heavy atom. The number of ether oxygens (including phenoxy) is 2. The molecule has 0 aliphatic heterocycles. The lowest BCUT2D eigenvalue weighted by Crippen LogP contribution is -2.03. The summed E-state index contributed by atoms with van der Waals surface area (Å²) in [6.45, 7) is 0.625. The predicted octanol–water partition coefficient (Wildman–Crippen LogP) is 4.68. The number of hydrogen-bond donors (Lipinski definition) is 1. The zero-order valence-electron chi connectivity index (χ0n) is 15.5. The number of nitrogens with one attached hydrogen (secondary N) is 1. The first-order valence-corrected chi connectivity index (χ1v) is 9.11. The van der Waals surface area contributed by atoms with Gasteiger partial charge < -0.3 is 14.8 Å². The Morgan fingerprint density at radius 2 is 1.82 bits per heavy atom. The van der Waals surface area contributed by atoms with Gasteiger partial charge in [0.15, 0.2) is 11.5 Å². The highest BCUT2D eigenvalue weighted by atomic mass is 35.5. The zero-order chi connectivity index (χ0) is 19.5. The molecule has 0 unspecified atom stereocenters. The van der Waals surface area contributed by atoms with E-state index in [0.29, 0.717) is 28.8 Å². The molecular formula is C21H19ClN4O2. The van der Waals surface area contributed by atoms with Crippen LogP contribution in [0.1, 0.15) is 5.56 Å². The number of aromatic nitrogens is 3. The maximum Gasteiger partial charge on any atom is 0.235 e. The minimum Gasteiger partial charge on any atom is -0.493 e. The summed E-state index contributed by atoms with van der Waals surface area (Å²) in [6, 6.07) is 15.4. The van der Waals surface area contributed by atoms with E-state index in [1.807, 2.05) is 59.1 Å². The number of benzene rings is 2. The normalized spacial score (nSPS) is 10.8. The van der Waals surface area contributed by atoms with Crippen molar-refractivity contribution in [3.8, 4) is 22.8 Å². The van der Waals surface area contributed by atoms with E-state index in [0.717, 1.165) is 22.6 Å². The average Bonchev–Trinajstić information content (AvgIpc) is 3.11. The molecule has 0 saturated heterocycles. The molecule has 0 aliphatic rings. The average molecular weight is 395 g/mol. The van der Waals surface area contributed by atoms with Crippen LogP contribution in [-0.4, -0.2) is 28.6 Å². The first kappa shape index (κ1) is 18.1. The van der Waals surface area contributed by atoms with Crippen molar-refractivity contribution in [2.45, 2.75) is 6.54 Å². The summed E-state index contributed by atoms with van der Waals surface area (Å²) in [5, 5.41) is 4.20. The van der Waals surface area contributed by atoms with E-state index in [-0.39, 0.29) is 0 Å². The lowest BCUT2D eigenvalue weighted by Gasteiger charge is -2.11. The van der Waals surface area contributed by atoms with Crippen molar-refractivity contribution in [1.29, 1.82) is 0 Å². The monoisotopic (exact) mass is 394 g/mol. The highest BCUT2D eigenvalue weighted by Gasteiger charge is 2.16. The van der Waals surface area contributed by atoms with Gasteiger partial charge in [-0.15, -0.1) is 0 Å². The molecule has 2 aromatic carbocycles. The molecule has 28 heavy (non-hydrogen) atoms. The van der Waals surface area contributed by atoms with Gasteiger partial charge in [-0.3, -0.25) is 4.40 Å². The van der Waals surface area contributed by atoms with E-state index in [9.17, 15) is 0 Å². The fraction of sp³-hybridized carbons (Fsp3) is 0.143. The molecule has 4 aromatic rings. The first-order valence-electron chi connectivity index (χ1n) is 8.73. The fourth-order valence-corrected chi connectivity index (χ4v) is 3.16. The molecule has 0 aliphatic carbocycles. The van der Waals surface area contributed by atoms with Crippen LogP contribution >= 0.6 is 11.6 Å². The Morgan fingerprint density at radius 1 is 1.04 bits per heavy atom. The summed E-state index contributed by atoms with van der Waals surface area (Å²) in [5.74, 6) is 2.79. The topological polar surface area (TPSA) is 60.7 Å². The van der Waals surface area contributed by atoms with Crippen LogP contribution < -0.4 is 14.8 Å². The number of halogens is 1. The van der Waals surface area contributed by atoms with Crippen molar-refractivity contribution in [3.63, 3.8) is 0 Å². The molecule has 0 spiro atoms. The maximum atomic E-state index is 5.98. The SMILES string of the molecule is COc1ccc(-c2nc3ncccn3c2NCc2ccc(Cl)cc2)cc1OC. The Kier molecular flexibility index (Phi) is 5.04. The number of rotatable bonds is 6. The molecule has 0 bridgehead atoms. The second-order valence-electron chi connectivity index (χ2n) is 6.15. The van der Waals surface area contributed by atoms with Gasteiger partial charge in [-0.25, -0.2) is 9.97 Å². The molecule has 4 rings (SSSR count). The molecule has 0 saturated carbocycles. The van der Waals surface area contributed by atoms with E-state index in [1.165, 1.54) is 0 Å². The Balaban J connectivity index is 1.76. The van der Waals surface area contributed by atoms with Gasteiger partial charge in [0, 0.05) is 29.5 Å². The van der Waals surface area contributed by atoms with Crippen LogP contribution in [0.5, 0.6) is 11.5 Å². The lowest BCUT2D eigenvalue weighted by atomic mass is 10.1. The van der Waals surface area contributed by atoms with Gasteiger partial charge in [0.1, 0.15) is 11.5 Å². The van der Waals surface area contributed by atoms with Crippen molar-refractivity contribution < 1.29 is 9.47 Å². The van der Waals surface area contributed by atoms with Crippen LogP contribution in [0.2, 0.25) is 5.02 Å². The number of anilines is 1. The number of imidazole rings is 1. The third-order valence-electron chi connectivity index (χ3n) is 4.43. The predicted molar refractivity (Wildman–Crippen MR) is 110 cm³/mol. The number of methoxy groups -OCH3 is 2. The molecular weight excluding hydrogens is 376 g/mol. The van der Waals surface area contributed by atoms with E-state index in [4.69, 9.17) is 26.1 Å². The Labute approximate surface area is 167 Å². The number of hydrogen-bond acceptors (Lipinski definition) is 5. The van der Waals surface area contributed by atoms with E-state index < -0.39 is 0 Å². The molecule has 142 valence electrons. The smallest absolute Gasteiger partial charge is 0.235 e. The van der Waals surface area contributed by atoms with Crippen molar-refractivity contribution in [1.82, 2.24) is 14.4 Å². The molecule has 0 radical (unpaired) electrons. The highest BCUT2D eigenvalue weighted by Crippen LogP contribution is 2.35. The summed E-state index contributed by atoms with van der Waals surface area (Å²) >= 11 is 5.98. The van der Waals surface area contributed by atoms with Crippen LogP contribution in [0.25, 0.3) is 17.0 Å². The molecule has 0 atom stereocenters. The third kappa shape index (κ3) is 3.46. The minimum atomic E-state index is 0.617. The van der Waals surface area contributed by atoms with Gasteiger partial charge in [0.25, 0.3) is 0 Å². The molecule has 2 aromatic heterocycles. The molecule has 6 nitrogen and oxygen atoms in total. The maximum absolute atomic E-state index is 5.98. The lowest BCUT2D eigenvalue weighted by molar-refractivity contribution is 0.355. The molecule has 2 heterocycles. The molecule has 0 amide bonds. The van der Waals surface area contributed by atoms with Crippen LogP contribution in [0.3, 0.4) is 0 Å². The van der Waals surface area contributed by atoms with Crippen molar-refractivity contribution >= 4 is 23.2 Å². The van der Waals surface area contributed by atoms with E-state index >= 15 is 0 Å². The first-order chi connectivity index (χ1) is 13.7. The van der Waals surface area contributed by atoms with Crippen LogP contribution in [-0.2, 0) is 6.54 Å². The van der Waals surface area contributed by atoms with Crippen molar-refractivity contribution in [2.75, 3.05) is 19.5 Å². The summed E-state index contributed by atoms with van der Waals surface area (Å²) in [4.78, 5) is 9.08. The van der Waals surface area contributed by atoms with E-state index in [1.54, 1.807) is 20.4 Å². The molecule has 0 fully saturated rings. The number of nitrogens with zero attached hydrogens (tertiary/aromatic N) is 3. The van der Waals surface area contributed by atoms with Crippen molar-refractivity contribution in [2.24, 2.45) is 0 Å². The second kappa shape index (κ2) is 7.78. The van der Waals surface area contributed by atoms with Crippen LogP contribution in [0.4, 0.5) is 5.82 Å². The summed E-state index contributed by atoms with van der Waals surface area (Å²) in [7, 11) is 3.23.